The van der Waals surface area contributed by atoms with Crippen LogP contribution in [-0.4, -0.2) is 25.0 Å². The number of rotatable bonds is 4. The summed E-state index contributed by atoms with van der Waals surface area (Å²) >= 11 is 1.80. The first-order chi connectivity index (χ1) is 12.3. The number of ether oxygens (including phenoxy) is 2. The molecule has 0 saturated carbocycles. The molecule has 4 nitrogen and oxygen atoms in total. The third-order valence-corrected chi connectivity index (χ3v) is 5.29. The Balaban J connectivity index is 0.00000196. The number of fused-ring (bicyclic) bond motifs is 1. The standard InChI is InChI=1S/C20H19N2O2S.BrH/c1-23-16-7-3-14(4-8-16)18-13-19(22-11-12-25-20(22)21-18)15-5-9-17(24-2)10-6-15;/h3-10,13H,11-12H2,1-2H3;1H/q+1;/p-1. The fourth-order valence-corrected chi connectivity index (χ4v) is 3.94. The minimum absolute atomic E-state index is 0. The molecule has 0 radical (unpaired) electrons. The predicted molar refractivity (Wildman–Crippen MR) is 99.1 cm³/mol. The molecule has 6 heteroatoms. The lowest BCUT2D eigenvalue weighted by atomic mass is 10.1. The molecule has 0 atom stereocenters. The van der Waals surface area contributed by atoms with Crippen LogP contribution in [0.3, 0.4) is 0 Å². The molecule has 2 aromatic carbocycles. The van der Waals surface area contributed by atoms with Crippen molar-refractivity contribution in [2.45, 2.75) is 11.7 Å². The van der Waals surface area contributed by atoms with Gasteiger partial charge in [-0.1, -0.05) is 0 Å². The van der Waals surface area contributed by atoms with Gasteiger partial charge in [-0.25, -0.2) is 4.57 Å². The molecule has 0 unspecified atom stereocenters. The van der Waals surface area contributed by atoms with Gasteiger partial charge in [0, 0.05) is 22.9 Å². The van der Waals surface area contributed by atoms with E-state index in [1.165, 1.54) is 11.3 Å². The van der Waals surface area contributed by atoms with E-state index in [0.29, 0.717) is 0 Å². The van der Waals surface area contributed by atoms with Crippen LogP contribution < -0.4 is 31.0 Å². The number of hydrogen-bond donors (Lipinski definition) is 0. The number of nitrogens with zero attached hydrogens (tertiary/aromatic N) is 2. The van der Waals surface area contributed by atoms with Gasteiger partial charge in [-0.15, -0.1) is 0 Å². The highest BCUT2D eigenvalue weighted by atomic mass is 79.9. The number of halogens is 1. The van der Waals surface area contributed by atoms with Crippen molar-refractivity contribution in [2.24, 2.45) is 0 Å². The molecule has 1 aromatic heterocycles. The van der Waals surface area contributed by atoms with E-state index in [0.717, 1.165) is 40.2 Å². The van der Waals surface area contributed by atoms with Gasteiger partial charge in [0.2, 0.25) is 0 Å². The van der Waals surface area contributed by atoms with Crippen molar-refractivity contribution in [3.8, 4) is 34.0 Å². The summed E-state index contributed by atoms with van der Waals surface area (Å²) in [5, 5.41) is 1.07. The van der Waals surface area contributed by atoms with E-state index in [1.807, 2.05) is 24.3 Å². The Morgan fingerprint density at radius 1 is 0.885 bits per heavy atom. The summed E-state index contributed by atoms with van der Waals surface area (Å²) in [5.74, 6) is 2.77. The molecule has 2 heterocycles. The predicted octanol–water partition coefficient (Wildman–Crippen LogP) is 0.830. The molecule has 134 valence electrons. The van der Waals surface area contributed by atoms with Crippen molar-refractivity contribution < 1.29 is 31.0 Å². The first-order valence-corrected chi connectivity index (χ1v) is 9.13. The second kappa shape index (κ2) is 8.10. The van der Waals surface area contributed by atoms with Crippen molar-refractivity contribution in [1.82, 2.24) is 4.98 Å². The lowest BCUT2D eigenvalue weighted by molar-refractivity contribution is -0.716. The molecular formula is C20H19BrN2O2S. The van der Waals surface area contributed by atoms with Crippen molar-refractivity contribution in [3.63, 3.8) is 0 Å². The average molecular weight is 431 g/mol. The monoisotopic (exact) mass is 430 g/mol. The summed E-state index contributed by atoms with van der Waals surface area (Å²) in [6, 6.07) is 18.4. The fraction of sp³-hybridized carbons (Fsp3) is 0.200. The fourth-order valence-electron chi connectivity index (χ4n) is 2.97. The van der Waals surface area contributed by atoms with Gasteiger partial charge in [0.05, 0.1) is 14.2 Å². The van der Waals surface area contributed by atoms with E-state index in [-0.39, 0.29) is 17.0 Å². The number of methoxy groups -OCH3 is 2. The zero-order valence-electron chi connectivity index (χ0n) is 14.6. The van der Waals surface area contributed by atoms with Crippen LogP contribution in [0.25, 0.3) is 22.5 Å². The van der Waals surface area contributed by atoms with Gasteiger partial charge >= 0.3 is 5.16 Å². The van der Waals surface area contributed by atoms with E-state index in [2.05, 4.69) is 34.9 Å². The summed E-state index contributed by atoms with van der Waals surface area (Å²) in [7, 11) is 3.37. The second-order valence-corrected chi connectivity index (χ2v) is 6.83. The highest BCUT2D eigenvalue weighted by molar-refractivity contribution is 7.99. The first kappa shape index (κ1) is 18.7. The van der Waals surface area contributed by atoms with Gasteiger partial charge in [-0.05, 0) is 65.3 Å². The molecular weight excluding hydrogens is 412 g/mol. The Kier molecular flexibility index (Phi) is 5.84. The molecule has 0 amide bonds. The molecule has 26 heavy (non-hydrogen) atoms. The topological polar surface area (TPSA) is 35.2 Å². The van der Waals surface area contributed by atoms with Crippen LogP contribution in [0.4, 0.5) is 0 Å². The second-order valence-electron chi connectivity index (χ2n) is 5.77. The van der Waals surface area contributed by atoms with Crippen LogP contribution in [0.15, 0.2) is 59.8 Å². The van der Waals surface area contributed by atoms with Gasteiger partial charge in [0.15, 0.2) is 5.69 Å². The molecule has 4 rings (SSSR count). The van der Waals surface area contributed by atoms with E-state index >= 15 is 0 Å². The van der Waals surface area contributed by atoms with Crippen LogP contribution in [0, 0.1) is 0 Å². The molecule has 0 fully saturated rings. The Labute approximate surface area is 168 Å². The van der Waals surface area contributed by atoms with Crippen LogP contribution >= 0.6 is 11.8 Å². The maximum absolute atomic E-state index is 5.28. The summed E-state index contributed by atoms with van der Waals surface area (Å²) in [4.78, 5) is 4.86. The van der Waals surface area contributed by atoms with Gasteiger partial charge in [0.1, 0.15) is 23.7 Å². The van der Waals surface area contributed by atoms with Crippen LogP contribution in [-0.2, 0) is 6.54 Å². The van der Waals surface area contributed by atoms with E-state index in [1.54, 1.807) is 26.0 Å². The highest BCUT2D eigenvalue weighted by Gasteiger charge is 2.27. The number of aromatic nitrogens is 2. The molecule has 0 bridgehead atoms. The quantitative estimate of drug-likeness (QED) is 0.453. The van der Waals surface area contributed by atoms with Crippen LogP contribution in [0.1, 0.15) is 0 Å². The van der Waals surface area contributed by atoms with Crippen molar-refractivity contribution in [1.29, 1.82) is 0 Å². The lowest BCUT2D eigenvalue weighted by Gasteiger charge is -2.07. The van der Waals surface area contributed by atoms with Gasteiger partial charge in [0.25, 0.3) is 0 Å². The van der Waals surface area contributed by atoms with Crippen molar-refractivity contribution in [2.75, 3.05) is 20.0 Å². The maximum atomic E-state index is 5.28. The molecule has 3 aromatic rings. The van der Waals surface area contributed by atoms with Gasteiger partial charge < -0.3 is 26.5 Å². The molecule has 0 N–H and O–H groups in total. The van der Waals surface area contributed by atoms with Crippen LogP contribution in [0.2, 0.25) is 0 Å². The maximum Gasteiger partial charge on any atom is 0.360 e. The lowest BCUT2D eigenvalue weighted by Crippen LogP contribution is -3.00. The highest BCUT2D eigenvalue weighted by Crippen LogP contribution is 2.30. The van der Waals surface area contributed by atoms with Crippen molar-refractivity contribution >= 4 is 11.8 Å². The minimum Gasteiger partial charge on any atom is -1.00 e. The SMILES string of the molecule is COc1ccc(-c2cc(-c3ccc(OC)cc3)[n+]3c(n2)SCC3)cc1.[Br-]. The summed E-state index contributed by atoms with van der Waals surface area (Å²) in [6.45, 7) is 0.983. The Bertz CT molecular complexity index is 899. The summed E-state index contributed by atoms with van der Waals surface area (Å²) in [6.07, 6.45) is 0. The molecule has 0 spiro atoms. The van der Waals surface area contributed by atoms with E-state index in [4.69, 9.17) is 14.5 Å². The first-order valence-electron chi connectivity index (χ1n) is 8.15. The summed E-state index contributed by atoms with van der Waals surface area (Å²) < 4.78 is 12.8. The molecule has 0 aliphatic carbocycles. The third-order valence-electron chi connectivity index (χ3n) is 4.33. The normalized spacial score (nSPS) is 12.2. The smallest absolute Gasteiger partial charge is 0.360 e. The number of thioether (sulfide) groups is 1. The van der Waals surface area contributed by atoms with E-state index < -0.39 is 0 Å². The van der Waals surface area contributed by atoms with Crippen LogP contribution in [0.5, 0.6) is 11.5 Å². The van der Waals surface area contributed by atoms with Crippen molar-refractivity contribution in [3.05, 3.63) is 54.6 Å². The molecule has 1 aliphatic heterocycles. The summed E-state index contributed by atoms with van der Waals surface area (Å²) in [5.41, 5.74) is 4.42. The molecule has 0 saturated heterocycles. The zero-order valence-corrected chi connectivity index (χ0v) is 17.0. The van der Waals surface area contributed by atoms with Gasteiger partial charge in [-0.3, -0.25) is 0 Å². The Morgan fingerprint density at radius 3 is 2.04 bits per heavy atom. The average Bonchev–Trinajstić information content (AvgIpc) is 3.16. The number of benzene rings is 2. The zero-order chi connectivity index (χ0) is 17.2. The third kappa shape index (κ3) is 3.57. The van der Waals surface area contributed by atoms with E-state index in [9.17, 15) is 0 Å². The molecule has 1 aliphatic rings. The largest absolute Gasteiger partial charge is 1.00 e. The van der Waals surface area contributed by atoms with Gasteiger partial charge in [-0.2, -0.15) is 0 Å². The Morgan fingerprint density at radius 2 is 1.46 bits per heavy atom. The number of hydrogen-bond acceptors (Lipinski definition) is 4. The minimum atomic E-state index is 0. The Hall–Kier alpha value is -2.05.